The number of amides is 2. The average molecular weight is 422 g/mol. The zero-order valence-electron chi connectivity index (χ0n) is 17.4. The second-order valence-electron chi connectivity index (χ2n) is 6.86. The summed E-state index contributed by atoms with van der Waals surface area (Å²) in [6, 6.07) is 9.78. The van der Waals surface area contributed by atoms with Crippen molar-refractivity contribution in [3.05, 3.63) is 64.1 Å². The summed E-state index contributed by atoms with van der Waals surface area (Å²) in [4.78, 5) is 52.7. The van der Waals surface area contributed by atoms with Gasteiger partial charge in [-0.1, -0.05) is 0 Å². The van der Waals surface area contributed by atoms with Gasteiger partial charge in [-0.3, -0.25) is 14.4 Å². The Morgan fingerprint density at radius 3 is 2.29 bits per heavy atom. The van der Waals surface area contributed by atoms with Crippen LogP contribution in [-0.4, -0.2) is 33.9 Å². The first-order chi connectivity index (χ1) is 14.8. The molecule has 0 fully saturated rings. The van der Waals surface area contributed by atoms with Gasteiger partial charge >= 0.3 is 5.97 Å². The smallest absolute Gasteiger partial charge is 0.344 e. The minimum atomic E-state index is -0.883. The van der Waals surface area contributed by atoms with Crippen LogP contribution in [0, 0.1) is 6.92 Å². The molecule has 0 aliphatic rings. The first-order valence-corrected chi connectivity index (χ1v) is 9.64. The molecule has 2 N–H and O–H groups in total. The summed E-state index contributed by atoms with van der Waals surface area (Å²) in [6.45, 7) is 5.03. The van der Waals surface area contributed by atoms with Crippen LogP contribution in [0.3, 0.4) is 0 Å². The molecule has 0 spiro atoms. The van der Waals surface area contributed by atoms with Crippen molar-refractivity contribution in [3.8, 4) is 0 Å². The van der Waals surface area contributed by atoms with Gasteiger partial charge in [0.2, 0.25) is 11.3 Å². The summed E-state index contributed by atoms with van der Waals surface area (Å²) in [5.41, 5.74) is 1.65. The first-order valence-electron chi connectivity index (χ1n) is 9.64. The van der Waals surface area contributed by atoms with Gasteiger partial charge in [-0.25, -0.2) is 9.78 Å². The standard InChI is InChI=1S/C22H22N4O5/c1-4-26-11-18(20(29)17-10-5-13(2)23-21(17)26)22(30)31-12-19(28)25-16-8-6-15(7-9-16)24-14(3)27/h5-11H,4,12H2,1-3H3,(H,24,27)(H,25,28). The molecular weight excluding hydrogens is 400 g/mol. The van der Waals surface area contributed by atoms with Crippen LogP contribution in [0.5, 0.6) is 0 Å². The maximum Gasteiger partial charge on any atom is 0.344 e. The van der Waals surface area contributed by atoms with E-state index >= 15 is 0 Å². The summed E-state index contributed by atoms with van der Waals surface area (Å²) in [5, 5.41) is 5.51. The number of hydrogen-bond donors (Lipinski definition) is 2. The molecule has 9 heteroatoms. The maximum absolute atomic E-state index is 12.7. The molecule has 31 heavy (non-hydrogen) atoms. The average Bonchev–Trinajstić information content (AvgIpc) is 2.73. The number of nitrogens with zero attached hydrogens (tertiary/aromatic N) is 2. The number of aromatic nitrogens is 2. The zero-order valence-corrected chi connectivity index (χ0v) is 17.4. The van der Waals surface area contributed by atoms with Gasteiger partial charge in [0, 0.05) is 36.7 Å². The van der Waals surface area contributed by atoms with E-state index in [9.17, 15) is 19.2 Å². The summed E-state index contributed by atoms with van der Waals surface area (Å²) in [5.74, 6) is -1.65. The normalized spacial score (nSPS) is 10.5. The fraction of sp³-hybridized carbons (Fsp3) is 0.227. The molecule has 0 saturated carbocycles. The van der Waals surface area contributed by atoms with E-state index in [1.165, 1.54) is 13.1 Å². The number of fused-ring (bicyclic) bond motifs is 1. The summed E-state index contributed by atoms with van der Waals surface area (Å²) in [7, 11) is 0. The van der Waals surface area contributed by atoms with Gasteiger partial charge in [0.15, 0.2) is 6.61 Å². The van der Waals surface area contributed by atoms with Gasteiger partial charge < -0.3 is 19.9 Å². The summed E-state index contributed by atoms with van der Waals surface area (Å²) < 4.78 is 6.74. The predicted molar refractivity (Wildman–Crippen MR) is 116 cm³/mol. The number of esters is 1. The van der Waals surface area contributed by atoms with E-state index < -0.39 is 23.9 Å². The minimum Gasteiger partial charge on any atom is -0.452 e. The number of ether oxygens (including phenoxy) is 1. The number of benzene rings is 1. The number of pyridine rings is 2. The number of carbonyl (C=O) groups excluding carboxylic acids is 3. The van der Waals surface area contributed by atoms with Crippen LogP contribution in [-0.2, 0) is 20.9 Å². The quantitative estimate of drug-likeness (QED) is 0.589. The van der Waals surface area contributed by atoms with Gasteiger partial charge in [-0.05, 0) is 50.2 Å². The molecule has 0 saturated heterocycles. The Kier molecular flexibility index (Phi) is 6.44. The molecule has 2 aromatic heterocycles. The number of rotatable bonds is 6. The van der Waals surface area contributed by atoms with E-state index in [0.29, 0.717) is 29.0 Å². The van der Waals surface area contributed by atoms with Crippen LogP contribution in [0.2, 0.25) is 0 Å². The van der Waals surface area contributed by atoms with E-state index in [1.807, 2.05) is 13.8 Å². The third kappa shape index (κ3) is 5.13. The molecular formula is C22H22N4O5. The maximum atomic E-state index is 12.7. The molecule has 0 unspecified atom stereocenters. The van der Waals surface area contributed by atoms with E-state index in [2.05, 4.69) is 15.6 Å². The molecule has 3 aromatic rings. The highest BCUT2D eigenvalue weighted by molar-refractivity contribution is 5.97. The number of aryl methyl sites for hydroxylation is 2. The molecule has 0 atom stereocenters. The molecule has 9 nitrogen and oxygen atoms in total. The predicted octanol–water partition coefficient (Wildman–Crippen LogP) is 2.48. The van der Waals surface area contributed by atoms with Crippen molar-refractivity contribution in [1.82, 2.24) is 9.55 Å². The van der Waals surface area contributed by atoms with Crippen molar-refractivity contribution < 1.29 is 19.1 Å². The van der Waals surface area contributed by atoms with Crippen molar-refractivity contribution >= 4 is 40.2 Å². The second-order valence-corrected chi connectivity index (χ2v) is 6.86. The Labute approximate surface area is 178 Å². The molecule has 2 amide bonds. The lowest BCUT2D eigenvalue weighted by atomic mass is 10.2. The lowest BCUT2D eigenvalue weighted by Gasteiger charge is -2.11. The van der Waals surface area contributed by atoms with Gasteiger partial charge in [0.1, 0.15) is 11.2 Å². The Morgan fingerprint density at radius 2 is 1.68 bits per heavy atom. The Hall–Kier alpha value is -4.01. The lowest BCUT2D eigenvalue weighted by molar-refractivity contribution is -0.119. The number of anilines is 2. The van der Waals surface area contributed by atoms with E-state index in [0.717, 1.165) is 5.69 Å². The number of hydrogen-bond acceptors (Lipinski definition) is 6. The second kappa shape index (κ2) is 9.21. The van der Waals surface area contributed by atoms with Crippen molar-refractivity contribution in [2.75, 3.05) is 17.2 Å². The Balaban J connectivity index is 1.69. The fourth-order valence-corrected chi connectivity index (χ4v) is 2.99. The zero-order chi connectivity index (χ0) is 22.5. The third-order valence-electron chi connectivity index (χ3n) is 4.44. The van der Waals surface area contributed by atoms with Crippen LogP contribution in [0.1, 0.15) is 29.9 Å². The summed E-state index contributed by atoms with van der Waals surface area (Å²) in [6.07, 6.45) is 1.40. The Morgan fingerprint density at radius 1 is 1.03 bits per heavy atom. The molecule has 2 heterocycles. The highest BCUT2D eigenvalue weighted by Crippen LogP contribution is 2.14. The van der Waals surface area contributed by atoms with Crippen LogP contribution in [0.4, 0.5) is 11.4 Å². The third-order valence-corrected chi connectivity index (χ3v) is 4.44. The van der Waals surface area contributed by atoms with E-state index in [1.54, 1.807) is 41.0 Å². The number of carbonyl (C=O) groups is 3. The van der Waals surface area contributed by atoms with Crippen LogP contribution in [0.15, 0.2) is 47.4 Å². The van der Waals surface area contributed by atoms with Gasteiger partial charge in [0.05, 0.1) is 5.39 Å². The van der Waals surface area contributed by atoms with Crippen molar-refractivity contribution in [2.45, 2.75) is 27.3 Å². The molecule has 0 aliphatic heterocycles. The molecule has 160 valence electrons. The molecule has 0 bridgehead atoms. The highest BCUT2D eigenvalue weighted by atomic mass is 16.5. The van der Waals surface area contributed by atoms with Gasteiger partial charge in [-0.2, -0.15) is 0 Å². The van der Waals surface area contributed by atoms with Crippen molar-refractivity contribution in [2.24, 2.45) is 0 Å². The number of nitrogens with one attached hydrogen (secondary N) is 2. The SMILES string of the molecule is CCn1cc(C(=O)OCC(=O)Nc2ccc(NC(C)=O)cc2)c(=O)c2ccc(C)nc21. The van der Waals surface area contributed by atoms with E-state index in [-0.39, 0.29) is 11.5 Å². The molecule has 1 aromatic carbocycles. The topological polar surface area (TPSA) is 119 Å². The molecule has 3 rings (SSSR count). The molecule has 0 radical (unpaired) electrons. The highest BCUT2D eigenvalue weighted by Gasteiger charge is 2.18. The van der Waals surface area contributed by atoms with Gasteiger partial charge in [-0.15, -0.1) is 0 Å². The van der Waals surface area contributed by atoms with Crippen LogP contribution in [0.25, 0.3) is 11.0 Å². The monoisotopic (exact) mass is 422 g/mol. The largest absolute Gasteiger partial charge is 0.452 e. The van der Waals surface area contributed by atoms with Gasteiger partial charge in [0.25, 0.3) is 5.91 Å². The van der Waals surface area contributed by atoms with Crippen molar-refractivity contribution in [3.63, 3.8) is 0 Å². The first kappa shape index (κ1) is 21.7. The summed E-state index contributed by atoms with van der Waals surface area (Å²) >= 11 is 0. The van der Waals surface area contributed by atoms with Crippen LogP contribution < -0.4 is 16.1 Å². The molecule has 0 aliphatic carbocycles. The van der Waals surface area contributed by atoms with Crippen molar-refractivity contribution in [1.29, 1.82) is 0 Å². The lowest BCUT2D eigenvalue weighted by Crippen LogP contribution is -2.25. The van der Waals surface area contributed by atoms with Crippen LogP contribution >= 0.6 is 0 Å². The Bertz CT molecular complexity index is 1220. The van der Waals surface area contributed by atoms with E-state index in [4.69, 9.17) is 4.74 Å². The fourth-order valence-electron chi connectivity index (χ4n) is 2.99. The minimum absolute atomic E-state index is 0.160.